The van der Waals surface area contributed by atoms with Crippen LogP contribution in [0.3, 0.4) is 0 Å². The zero-order chi connectivity index (χ0) is 18.7. The Morgan fingerprint density at radius 1 is 1.33 bits per heavy atom. The number of carbonyl (C=O) groups excluding carboxylic acids is 1. The standard InChI is InChI=1S/C18H25N3O5.ClH/c1-20(15-8-13-4-5-14(9-15)19-13)10-12-3-6-17(16(7-12)21(23)24)26-11-18(22)25-2;/h3,6-7,13-15,19H,4-5,8-11H2,1-2H3;1H. The van der Waals surface area contributed by atoms with Crippen LogP contribution in [-0.4, -0.2) is 54.7 Å². The monoisotopic (exact) mass is 399 g/mol. The molecular formula is C18H26ClN3O5. The van der Waals surface area contributed by atoms with Crippen molar-refractivity contribution in [2.45, 2.75) is 50.4 Å². The molecular weight excluding hydrogens is 374 g/mol. The summed E-state index contributed by atoms with van der Waals surface area (Å²) in [6.07, 6.45) is 4.73. The minimum atomic E-state index is -0.580. The average Bonchev–Trinajstić information content (AvgIpc) is 2.97. The lowest BCUT2D eigenvalue weighted by Gasteiger charge is -2.35. The first-order valence-corrected chi connectivity index (χ1v) is 8.89. The molecule has 2 aliphatic rings. The second kappa shape index (κ2) is 9.34. The van der Waals surface area contributed by atoms with Crippen molar-refractivity contribution in [1.29, 1.82) is 0 Å². The van der Waals surface area contributed by atoms with Crippen molar-refractivity contribution in [3.05, 3.63) is 33.9 Å². The Balaban J connectivity index is 0.00000261. The van der Waals surface area contributed by atoms with E-state index in [1.54, 1.807) is 6.07 Å². The molecule has 1 aromatic carbocycles. The first kappa shape index (κ1) is 21.4. The van der Waals surface area contributed by atoms with Gasteiger partial charge in [-0.2, -0.15) is 0 Å². The van der Waals surface area contributed by atoms with Crippen molar-refractivity contribution >= 4 is 24.1 Å². The van der Waals surface area contributed by atoms with Gasteiger partial charge in [0, 0.05) is 30.7 Å². The lowest BCUT2D eigenvalue weighted by molar-refractivity contribution is -0.385. The van der Waals surface area contributed by atoms with Crippen molar-refractivity contribution in [2.24, 2.45) is 0 Å². The summed E-state index contributed by atoms with van der Waals surface area (Å²) in [7, 11) is 3.31. The Hall–Kier alpha value is -1.90. The van der Waals surface area contributed by atoms with Crippen LogP contribution in [0.5, 0.6) is 5.75 Å². The molecule has 2 atom stereocenters. The summed E-state index contributed by atoms with van der Waals surface area (Å²) in [6.45, 7) is 0.288. The maximum Gasteiger partial charge on any atom is 0.343 e. The van der Waals surface area contributed by atoms with E-state index in [1.807, 2.05) is 6.07 Å². The van der Waals surface area contributed by atoms with Crippen molar-refractivity contribution in [3.8, 4) is 5.75 Å². The van der Waals surface area contributed by atoms with Gasteiger partial charge in [0.1, 0.15) is 0 Å². The first-order valence-electron chi connectivity index (χ1n) is 8.89. The number of methoxy groups -OCH3 is 1. The summed E-state index contributed by atoms with van der Waals surface area (Å²) in [5, 5.41) is 15.0. The van der Waals surface area contributed by atoms with Gasteiger partial charge in [-0.3, -0.25) is 15.0 Å². The minimum absolute atomic E-state index is 0. The van der Waals surface area contributed by atoms with Crippen LogP contribution in [-0.2, 0) is 16.1 Å². The van der Waals surface area contributed by atoms with Crippen LogP contribution in [0.15, 0.2) is 18.2 Å². The number of hydrogen-bond donors (Lipinski definition) is 1. The molecule has 0 amide bonds. The highest BCUT2D eigenvalue weighted by molar-refractivity contribution is 5.85. The zero-order valence-electron chi connectivity index (χ0n) is 15.6. The Kier molecular flexibility index (Phi) is 7.41. The number of nitrogens with zero attached hydrogens (tertiary/aromatic N) is 2. The van der Waals surface area contributed by atoms with Crippen LogP contribution in [0, 0.1) is 10.1 Å². The van der Waals surface area contributed by atoms with Gasteiger partial charge < -0.3 is 14.8 Å². The molecule has 1 N–H and O–H groups in total. The molecule has 0 radical (unpaired) electrons. The van der Waals surface area contributed by atoms with Crippen LogP contribution < -0.4 is 10.1 Å². The Bertz CT molecular complexity index is 675. The maximum absolute atomic E-state index is 11.4. The largest absolute Gasteiger partial charge is 0.475 e. The van der Waals surface area contributed by atoms with Crippen LogP contribution in [0.25, 0.3) is 0 Å². The Morgan fingerprint density at radius 2 is 2.00 bits per heavy atom. The van der Waals surface area contributed by atoms with E-state index in [4.69, 9.17) is 4.74 Å². The fourth-order valence-electron chi connectivity index (χ4n) is 3.93. The summed E-state index contributed by atoms with van der Waals surface area (Å²) >= 11 is 0. The third-order valence-electron chi connectivity index (χ3n) is 5.30. The van der Waals surface area contributed by atoms with Gasteiger partial charge in [0.15, 0.2) is 12.4 Å². The highest BCUT2D eigenvalue weighted by Gasteiger charge is 2.35. The van der Waals surface area contributed by atoms with Gasteiger partial charge in [-0.1, -0.05) is 6.07 Å². The van der Waals surface area contributed by atoms with Gasteiger partial charge in [-0.25, -0.2) is 4.79 Å². The van der Waals surface area contributed by atoms with Crippen molar-refractivity contribution in [2.75, 3.05) is 20.8 Å². The van der Waals surface area contributed by atoms with Crippen LogP contribution >= 0.6 is 12.4 Å². The Morgan fingerprint density at radius 3 is 2.59 bits per heavy atom. The predicted molar refractivity (Wildman–Crippen MR) is 102 cm³/mol. The SMILES string of the molecule is COC(=O)COc1ccc(CN(C)C2CC3CCC(C2)N3)cc1[N+](=O)[O-].Cl. The van der Waals surface area contributed by atoms with Gasteiger partial charge >= 0.3 is 11.7 Å². The van der Waals surface area contributed by atoms with Crippen molar-refractivity contribution < 1.29 is 19.2 Å². The van der Waals surface area contributed by atoms with Gasteiger partial charge in [-0.05, 0) is 44.4 Å². The summed E-state index contributed by atoms with van der Waals surface area (Å²) in [4.78, 5) is 24.3. The summed E-state index contributed by atoms with van der Waals surface area (Å²) in [5.41, 5.74) is 0.723. The van der Waals surface area contributed by atoms with E-state index < -0.39 is 10.9 Å². The van der Waals surface area contributed by atoms with E-state index in [2.05, 4.69) is 22.0 Å². The number of rotatable bonds is 7. The van der Waals surface area contributed by atoms with E-state index in [1.165, 1.54) is 26.0 Å². The number of ether oxygens (including phenoxy) is 2. The molecule has 2 heterocycles. The molecule has 1 aromatic rings. The second-order valence-electron chi connectivity index (χ2n) is 7.10. The normalized spacial score (nSPS) is 23.6. The third kappa shape index (κ3) is 5.31. The lowest BCUT2D eigenvalue weighted by Crippen LogP contribution is -2.46. The topological polar surface area (TPSA) is 93.9 Å². The average molecular weight is 400 g/mol. The van der Waals surface area contributed by atoms with E-state index in [9.17, 15) is 14.9 Å². The number of benzene rings is 1. The number of esters is 1. The molecule has 3 rings (SSSR count). The summed E-state index contributed by atoms with van der Waals surface area (Å²) in [5.74, 6) is -0.504. The number of nitro groups is 1. The summed E-state index contributed by atoms with van der Waals surface area (Å²) < 4.78 is 9.72. The molecule has 8 nitrogen and oxygen atoms in total. The number of fused-ring (bicyclic) bond motifs is 2. The third-order valence-corrected chi connectivity index (χ3v) is 5.30. The lowest BCUT2D eigenvalue weighted by atomic mass is 9.98. The maximum atomic E-state index is 11.4. The second-order valence-corrected chi connectivity index (χ2v) is 7.10. The van der Waals surface area contributed by atoms with Crippen LogP contribution in [0.4, 0.5) is 5.69 Å². The van der Waals surface area contributed by atoms with E-state index >= 15 is 0 Å². The van der Waals surface area contributed by atoms with Gasteiger partial charge in [0.2, 0.25) is 0 Å². The molecule has 0 aliphatic carbocycles. The highest BCUT2D eigenvalue weighted by atomic mass is 35.5. The van der Waals surface area contributed by atoms with Crippen molar-refractivity contribution in [3.63, 3.8) is 0 Å². The fraction of sp³-hybridized carbons (Fsp3) is 0.611. The van der Waals surface area contributed by atoms with Crippen LogP contribution in [0.1, 0.15) is 31.2 Å². The number of hydrogen-bond acceptors (Lipinski definition) is 7. The molecule has 0 saturated carbocycles. The molecule has 2 saturated heterocycles. The molecule has 2 fully saturated rings. The number of nitrogens with one attached hydrogen (secondary N) is 1. The number of carbonyl (C=O) groups is 1. The quantitative estimate of drug-likeness (QED) is 0.427. The van der Waals surface area contributed by atoms with Gasteiger partial charge in [-0.15, -0.1) is 12.4 Å². The number of nitro benzene ring substituents is 1. The fourth-order valence-corrected chi connectivity index (χ4v) is 3.93. The molecule has 2 aliphatic heterocycles. The van der Waals surface area contributed by atoms with E-state index in [0.29, 0.717) is 24.7 Å². The van der Waals surface area contributed by atoms with E-state index in [-0.39, 0.29) is 30.5 Å². The zero-order valence-corrected chi connectivity index (χ0v) is 16.4. The predicted octanol–water partition coefficient (Wildman–Crippen LogP) is 2.28. The smallest absolute Gasteiger partial charge is 0.343 e. The molecule has 27 heavy (non-hydrogen) atoms. The molecule has 0 aromatic heterocycles. The van der Waals surface area contributed by atoms with Crippen molar-refractivity contribution in [1.82, 2.24) is 10.2 Å². The van der Waals surface area contributed by atoms with E-state index in [0.717, 1.165) is 18.4 Å². The molecule has 2 unspecified atom stereocenters. The Labute approximate surface area is 164 Å². The van der Waals surface area contributed by atoms with Gasteiger partial charge in [0.25, 0.3) is 0 Å². The number of piperidine rings is 1. The van der Waals surface area contributed by atoms with Gasteiger partial charge in [0.05, 0.1) is 12.0 Å². The molecule has 2 bridgehead atoms. The molecule has 150 valence electrons. The molecule has 9 heteroatoms. The highest BCUT2D eigenvalue weighted by Crippen LogP contribution is 2.31. The van der Waals surface area contributed by atoms with Crippen LogP contribution in [0.2, 0.25) is 0 Å². The first-order chi connectivity index (χ1) is 12.5. The minimum Gasteiger partial charge on any atom is -0.475 e. The summed E-state index contributed by atoms with van der Waals surface area (Å²) in [6, 6.07) is 6.58. The molecule has 0 spiro atoms. The number of halogens is 1.